The zero-order valence-corrected chi connectivity index (χ0v) is 18.9. The summed E-state index contributed by atoms with van der Waals surface area (Å²) in [6.45, 7) is 6.53. The lowest BCUT2D eigenvalue weighted by Gasteiger charge is -2.38. The van der Waals surface area contributed by atoms with E-state index in [2.05, 4.69) is 15.2 Å². The van der Waals surface area contributed by atoms with Crippen LogP contribution < -0.4 is 10.2 Å². The van der Waals surface area contributed by atoms with Crippen LogP contribution in [-0.2, 0) is 9.47 Å². The molecule has 172 valence electrons. The first-order chi connectivity index (χ1) is 15.5. The maximum atomic E-state index is 14.8. The lowest BCUT2D eigenvalue weighted by molar-refractivity contribution is -0.0346. The summed E-state index contributed by atoms with van der Waals surface area (Å²) in [5.41, 5.74) is 0.881. The molecule has 3 heterocycles. The molecule has 2 fully saturated rings. The van der Waals surface area contributed by atoms with Crippen molar-refractivity contribution in [3.05, 3.63) is 58.5 Å². The fourth-order valence-electron chi connectivity index (χ4n) is 4.26. The Bertz CT molecular complexity index is 921. The Kier molecular flexibility index (Phi) is 7.57. The average Bonchev–Trinajstić information content (AvgIpc) is 2.81. The predicted octanol–water partition coefficient (Wildman–Crippen LogP) is 2.90. The third-order valence-corrected chi connectivity index (χ3v) is 6.17. The number of rotatable bonds is 6. The highest BCUT2D eigenvalue weighted by atomic mass is 35.5. The molecule has 2 saturated heterocycles. The topological polar surface area (TPSA) is 66.9 Å². The van der Waals surface area contributed by atoms with Gasteiger partial charge in [0.25, 0.3) is 5.91 Å². The summed E-state index contributed by atoms with van der Waals surface area (Å²) < 4.78 is 25.9. The van der Waals surface area contributed by atoms with E-state index in [1.54, 1.807) is 30.5 Å². The molecule has 1 aromatic heterocycles. The molecule has 0 radical (unpaired) electrons. The molecule has 0 aliphatic carbocycles. The summed E-state index contributed by atoms with van der Waals surface area (Å²) in [4.78, 5) is 21.8. The first kappa shape index (κ1) is 22.9. The third kappa shape index (κ3) is 5.20. The summed E-state index contributed by atoms with van der Waals surface area (Å²) >= 11 is 6.40. The van der Waals surface area contributed by atoms with Crippen LogP contribution in [0.4, 0.5) is 10.2 Å². The number of nitrogens with zero attached hydrogens (tertiary/aromatic N) is 3. The van der Waals surface area contributed by atoms with Crippen molar-refractivity contribution in [1.29, 1.82) is 0 Å². The van der Waals surface area contributed by atoms with Crippen LogP contribution in [0.2, 0.25) is 5.02 Å². The number of carbonyl (C=O) groups is 1. The molecule has 1 aromatic carbocycles. The van der Waals surface area contributed by atoms with Gasteiger partial charge in [0.2, 0.25) is 0 Å². The number of pyridine rings is 1. The molecule has 2 aliphatic heterocycles. The number of carbonyl (C=O) groups excluding carboxylic acids is 1. The molecular weight excluding hydrogens is 435 g/mol. The SMILES string of the molecule is CC1CN(C(CNC(=O)c2cccnc2N2CCOCC2)c2c(F)cccc2Cl)CCO1. The van der Waals surface area contributed by atoms with E-state index in [1.807, 2.05) is 11.8 Å². The molecule has 2 atom stereocenters. The van der Waals surface area contributed by atoms with Crippen LogP contribution in [0, 0.1) is 5.82 Å². The van der Waals surface area contributed by atoms with Crippen LogP contribution in [0.15, 0.2) is 36.5 Å². The average molecular weight is 463 g/mol. The molecule has 32 heavy (non-hydrogen) atoms. The molecule has 7 nitrogen and oxygen atoms in total. The van der Waals surface area contributed by atoms with E-state index >= 15 is 0 Å². The normalized spacial score (nSPS) is 20.7. The third-order valence-electron chi connectivity index (χ3n) is 5.84. The first-order valence-electron chi connectivity index (χ1n) is 10.9. The number of aromatic nitrogens is 1. The molecule has 2 aromatic rings. The van der Waals surface area contributed by atoms with Crippen LogP contribution in [0.3, 0.4) is 0 Å². The minimum absolute atomic E-state index is 0.0127. The number of morpholine rings is 2. The number of halogens is 2. The van der Waals surface area contributed by atoms with E-state index in [0.29, 0.717) is 68.0 Å². The summed E-state index contributed by atoms with van der Waals surface area (Å²) in [6.07, 6.45) is 1.69. The highest BCUT2D eigenvalue weighted by Crippen LogP contribution is 2.31. The van der Waals surface area contributed by atoms with Gasteiger partial charge in [-0.3, -0.25) is 9.69 Å². The van der Waals surface area contributed by atoms with Crippen LogP contribution in [0.25, 0.3) is 0 Å². The zero-order chi connectivity index (χ0) is 22.5. The van der Waals surface area contributed by atoms with Crippen molar-refractivity contribution in [3.8, 4) is 0 Å². The van der Waals surface area contributed by atoms with E-state index in [1.165, 1.54) is 6.07 Å². The van der Waals surface area contributed by atoms with Crippen molar-refractivity contribution in [2.45, 2.75) is 19.1 Å². The van der Waals surface area contributed by atoms with Gasteiger partial charge in [-0.25, -0.2) is 9.37 Å². The molecule has 2 aliphatic rings. The maximum absolute atomic E-state index is 14.8. The van der Waals surface area contributed by atoms with Gasteiger partial charge in [-0.05, 0) is 31.2 Å². The van der Waals surface area contributed by atoms with Gasteiger partial charge in [0.15, 0.2) is 0 Å². The van der Waals surface area contributed by atoms with Crippen molar-refractivity contribution < 1.29 is 18.7 Å². The molecule has 9 heteroatoms. The van der Waals surface area contributed by atoms with E-state index in [0.717, 1.165) is 0 Å². The molecule has 0 bridgehead atoms. The Morgan fingerprint density at radius 1 is 1.25 bits per heavy atom. The number of amides is 1. The molecule has 1 amide bonds. The lowest BCUT2D eigenvalue weighted by Crippen LogP contribution is -2.47. The monoisotopic (exact) mass is 462 g/mol. The fraction of sp³-hybridized carbons (Fsp3) is 0.478. The molecule has 1 N–H and O–H groups in total. The van der Waals surface area contributed by atoms with Crippen LogP contribution >= 0.6 is 11.6 Å². The Balaban J connectivity index is 1.55. The van der Waals surface area contributed by atoms with Crippen LogP contribution in [-0.4, -0.2) is 74.4 Å². The Morgan fingerprint density at radius 2 is 2.06 bits per heavy atom. The summed E-state index contributed by atoms with van der Waals surface area (Å²) in [7, 11) is 0. The quantitative estimate of drug-likeness (QED) is 0.712. The van der Waals surface area contributed by atoms with E-state index in [-0.39, 0.29) is 24.4 Å². The van der Waals surface area contributed by atoms with Crippen LogP contribution in [0.1, 0.15) is 28.9 Å². The number of benzene rings is 1. The second-order valence-corrected chi connectivity index (χ2v) is 8.42. The highest BCUT2D eigenvalue weighted by Gasteiger charge is 2.30. The van der Waals surface area contributed by atoms with Crippen molar-refractivity contribution in [2.24, 2.45) is 0 Å². The maximum Gasteiger partial charge on any atom is 0.255 e. The summed E-state index contributed by atoms with van der Waals surface area (Å²) in [5, 5.41) is 3.35. The number of hydrogen-bond acceptors (Lipinski definition) is 6. The number of nitrogens with one attached hydrogen (secondary N) is 1. The van der Waals surface area contributed by atoms with Crippen molar-refractivity contribution in [3.63, 3.8) is 0 Å². The zero-order valence-electron chi connectivity index (χ0n) is 18.1. The van der Waals surface area contributed by atoms with Gasteiger partial charge in [-0.1, -0.05) is 17.7 Å². The second kappa shape index (κ2) is 10.6. The number of hydrogen-bond donors (Lipinski definition) is 1. The van der Waals surface area contributed by atoms with E-state index < -0.39 is 6.04 Å². The first-order valence-corrected chi connectivity index (χ1v) is 11.3. The van der Waals surface area contributed by atoms with Gasteiger partial charge >= 0.3 is 0 Å². The molecule has 0 saturated carbocycles. The standard InChI is InChI=1S/C23H28ClFN4O3/c1-16-15-29(10-13-32-16)20(21-18(24)5-2-6-19(21)25)14-27-23(30)17-4-3-7-26-22(17)28-8-11-31-12-9-28/h2-7,16,20H,8-15H2,1H3,(H,27,30). The van der Waals surface area contributed by atoms with Crippen LogP contribution in [0.5, 0.6) is 0 Å². The molecule has 4 rings (SSSR count). The molecule has 2 unspecified atom stereocenters. The Labute approximate surface area is 192 Å². The second-order valence-electron chi connectivity index (χ2n) is 8.01. The highest BCUT2D eigenvalue weighted by molar-refractivity contribution is 6.31. The van der Waals surface area contributed by atoms with Crippen molar-refractivity contribution in [2.75, 3.05) is 57.4 Å². The predicted molar refractivity (Wildman–Crippen MR) is 121 cm³/mol. The summed E-state index contributed by atoms with van der Waals surface area (Å²) in [6, 6.07) is 7.75. The molecule has 0 spiro atoms. The van der Waals surface area contributed by atoms with Crippen molar-refractivity contribution >= 4 is 23.3 Å². The van der Waals surface area contributed by atoms with Gasteiger partial charge < -0.3 is 19.7 Å². The smallest absolute Gasteiger partial charge is 0.255 e. The van der Waals surface area contributed by atoms with Gasteiger partial charge in [-0.15, -0.1) is 0 Å². The van der Waals surface area contributed by atoms with E-state index in [9.17, 15) is 9.18 Å². The largest absolute Gasteiger partial charge is 0.378 e. The van der Waals surface area contributed by atoms with Gasteiger partial charge in [0.05, 0.1) is 37.5 Å². The molecular formula is C23H28ClFN4O3. The van der Waals surface area contributed by atoms with Gasteiger partial charge in [0, 0.05) is 49.5 Å². The lowest BCUT2D eigenvalue weighted by atomic mass is 10.0. The number of anilines is 1. The minimum atomic E-state index is -0.414. The number of ether oxygens (including phenoxy) is 2. The summed E-state index contributed by atoms with van der Waals surface area (Å²) in [5.74, 6) is -0.00147. The van der Waals surface area contributed by atoms with Gasteiger partial charge in [0.1, 0.15) is 11.6 Å². The van der Waals surface area contributed by atoms with E-state index in [4.69, 9.17) is 21.1 Å². The van der Waals surface area contributed by atoms with Crippen molar-refractivity contribution in [1.82, 2.24) is 15.2 Å². The minimum Gasteiger partial charge on any atom is -0.378 e. The Hall–Kier alpha value is -2.26. The fourth-order valence-corrected chi connectivity index (χ4v) is 4.55. The van der Waals surface area contributed by atoms with Gasteiger partial charge in [-0.2, -0.15) is 0 Å². The Morgan fingerprint density at radius 3 is 2.81 bits per heavy atom.